The monoisotopic (exact) mass is 371 g/mol. The number of anilines is 1. The van der Waals surface area contributed by atoms with Crippen molar-refractivity contribution < 1.29 is 4.74 Å². The van der Waals surface area contributed by atoms with Gasteiger partial charge in [-0.25, -0.2) is 4.98 Å². The summed E-state index contributed by atoms with van der Waals surface area (Å²) in [4.78, 5) is 5.57. The molecule has 1 heterocycles. The topological polar surface area (TPSA) is 46.5 Å². The highest BCUT2D eigenvalue weighted by atomic mass is 35.5. The summed E-state index contributed by atoms with van der Waals surface area (Å²) in [5, 5.41) is 5.73. The molecule has 0 saturated carbocycles. The van der Waals surface area contributed by atoms with Crippen LogP contribution in [0.3, 0.4) is 0 Å². The van der Waals surface area contributed by atoms with Crippen LogP contribution in [0.5, 0.6) is 5.75 Å². The number of ether oxygens (including phenoxy) is 1. The van der Waals surface area contributed by atoms with Crippen molar-refractivity contribution >= 4 is 34.3 Å². The third-order valence-corrected chi connectivity index (χ3v) is 4.98. The third-order valence-electron chi connectivity index (χ3n) is 3.63. The van der Waals surface area contributed by atoms with Crippen LogP contribution in [0.2, 0.25) is 5.02 Å². The highest BCUT2D eigenvalue weighted by Crippen LogP contribution is 2.21. The molecule has 0 aliphatic carbocycles. The summed E-state index contributed by atoms with van der Waals surface area (Å²) in [6.07, 6.45) is 1.75. The third kappa shape index (κ3) is 4.81. The maximum Gasteiger partial charge on any atom is 0.203 e. The fourth-order valence-electron chi connectivity index (χ4n) is 2.11. The number of hydrazone groups is 1. The predicted molar refractivity (Wildman–Crippen MR) is 105 cm³/mol. The van der Waals surface area contributed by atoms with Crippen molar-refractivity contribution in [2.45, 2.75) is 20.5 Å². The van der Waals surface area contributed by atoms with Crippen LogP contribution in [0.25, 0.3) is 0 Å². The van der Waals surface area contributed by atoms with E-state index in [9.17, 15) is 0 Å². The van der Waals surface area contributed by atoms with Gasteiger partial charge >= 0.3 is 0 Å². The quantitative estimate of drug-likeness (QED) is 0.463. The molecule has 1 N–H and O–H groups in total. The second-order valence-corrected chi connectivity index (χ2v) is 7.09. The average molecular weight is 372 g/mol. The van der Waals surface area contributed by atoms with Gasteiger partial charge in [-0.05, 0) is 49.7 Å². The Hall–Kier alpha value is -2.37. The molecule has 128 valence electrons. The normalized spacial score (nSPS) is 11.0. The van der Waals surface area contributed by atoms with Gasteiger partial charge in [-0.1, -0.05) is 29.8 Å². The molecule has 3 aromatic rings. The lowest BCUT2D eigenvalue weighted by Gasteiger charge is -2.07. The summed E-state index contributed by atoms with van der Waals surface area (Å²) < 4.78 is 5.76. The molecule has 0 aliphatic rings. The maximum absolute atomic E-state index is 6.13. The Morgan fingerprint density at radius 2 is 1.92 bits per heavy atom. The summed E-state index contributed by atoms with van der Waals surface area (Å²) in [6.45, 7) is 4.47. The molecule has 0 saturated heterocycles. The Balaban J connectivity index is 1.55. The molecule has 4 nitrogen and oxygen atoms in total. The van der Waals surface area contributed by atoms with E-state index in [2.05, 4.69) is 15.5 Å². The average Bonchev–Trinajstić information content (AvgIpc) is 2.93. The van der Waals surface area contributed by atoms with Gasteiger partial charge in [0.05, 0.1) is 11.9 Å². The van der Waals surface area contributed by atoms with Gasteiger partial charge < -0.3 is 4.74 Å². The molecule has 2 aromatic carbocycles. The number of hydrogen-bond donors (Lipinski definition) is 1. The summed E-state index contributed by atoms with van der Waals surface area (Å²) in [7, 11) is 0. The fourth-order valence-corrected chi connectivity index (χ4v) is 3.06. The number of nitrogens with one attached hydrogen (secondary N) is 1. The minimum absolute atomic E-state index is 0.442. The lowest BCUT2D eigenvalue weighted by atomic mass is 10.2. The molecule has 3 rings (SSSR count). The molecule has 0 spiro atoms. The summed E-state index contributed by atoms with van der Waals surface area (Å²) in [5.74, 6) is 0.788. The van der Waals surface area contributed by atoms with Crippen LogP contribution in [-0.2, 0) is 6.61 Å². The molecule has 0 radical (unpaired) electrons. The van der Waals surface area contributed by atoms with E-state index in [-0.39, 0.29) is 0 Å². The maximum atomic E-state index is 6.13. The van der Waals surface area contributed by atoms with E-state index >= 15 is 0 Å². The Morgan fingerprint density at radius 1 is 1.16 bits per heavy atom. The van der Waals surface area contributed by atoms with Gasteiger partial charge in [-0.15, -0.1) is 11.3 Å². The van der Waals surface area contributed by atoms with Crippen molar-refractivity contribution in [3.05, 3.63) is 75.3 Å². The SMILES string of the molecule is Cc1nc(NN=Cc2ccc(OCc3ccccc3Cl)cc2)sc1C. The molecule has 6 heteroatoms. The molecule has 0 atom stereocenters. The second kappa shape index (κ2) is 8.14. The first-order valence-electron chi connectivity index (χ1n) is 7.81. The minimum Gasteiger partial charge on any atom is -0.489 e. The molecular formula is C19H18ClN3OS. The number of rotatable bonds is 6. The van der Waals surface area contributed by atoms with E-state index in [4.69, 9.17) is 16.3 Å². The first-order chi connectivity index (χ1) is 12.1. The standard InChI is InChI=1S/C19H18ClN3OS/c1-13-14(2)25-19(22-13)23-21-11-15-7-9-17(10-8-15)24-12-16-5-3-4-6-18(16)20/h3-11H,12H2,1-2H3,(H,22,23). The van der Waals surface area contributed by atoms with Crippen LogP contribution in [0, 0.1) is 13.8 Å². The van der Waals surface area contributed by atoms with Crippen molar-refractivity contribution in [2.75, 3.05) is 5.43 Å². The van der Waals surface area contributed by atoms with Crippen molar-refractivity contribution in [2.24, 2.45) is 5.10 Å². The van der Waals surface area contributed by atoms with Crippen LogP contribution >= 0.6 is 22.9 Å². The summed E-state index contributed by atoms with van der Waals surface area (Å²) in [5.41, 5.74) is 5.92. The number of aryl methyl sites for hydroxylation is 2. The first-order valence-corrected chi connectivity index (χ1v) is 9.00. The van der Waals surface area contributed by atoms with Gasteiger partial charge in [-0.3, -0.25) is 5.43 Å². The largest absolute Gasteiger partial charge is 0.489 e. The number of benzene rings is 2. The predicted octanol–water partition coefficient (Wildman–Crippen LogP) is 5.44. The molecule has 1 aromatic heterocycles. The lowest BCUT2D eigenvalue weighted by molar-refractivity contribution is 0.306. The van der Waals surface area contributed by atoms with Crippen molar-refractivity contribution in [1.29, 1.82) is 0 Å². The highest BCUT2D eigenvalue weighted by molar-refractivity contribution is 7.15. The number of nitrogens with zero attached hydrogens (tertiary/aromatic N) is 2. The van der Waals surface area contributed by atoms with E-state index in [1.165, 1.54) is 4.88 Å². The van der Waals surface area contributed by atoms with Crippen molar-refractivity contribution in [3.8, 4) is 5.75 Å². The number of aromatic nitrogens is 1. The van der Waals surface area contributed by atoms with Gasteiger partial charge in [0.15, 0.2) is 0 Å². The van der Waals surface area contributed by atoms with E-state index in [1.54, 1.807) is 17.6 Å². The van der Waals surface area contributed by atoms with Crippen molar-refractivity contribution in [1.82, 2.24) is 4.98 Å². The number of thiazole rings is 1. The van der Waals surface area contributed by atoms with E-state index in [0.717, 1.165) is 27.7 Å². The molecule has 0 amide bonds. The first kappa shape index (κ1) is 17.5. The Kier molecular flexibility index (Phi) is 5.68. The Bertz CT molecular complexity index is 855. The zero-order valence-corrected chi connectivity index (χ0v) is 15.6. The zero-order valence-electron chi connectivity index (χ0n) is 14.0. The van der Waals surface area contributed by atoms with Gasteiger partial charge in [0, 0.05) is 15.5 Å². The molecular weight excluding hydrogens is 354 g/mol. The Morgan fingerprint density at radius 3 is 2.60 bits per heavy atom. The van der Waals surface area contributed by atoms with Crippen LogP contribution in [0.1, 0.15) is 21.7 Å². The fraction of sp³-hybridized carbons (Fsp3) is 0.158. The molecule has 0 fully saturated rings. The zero-order chi connectivity index (χ0) is 17.6. The van der Waals surface area contributed by atoms with Gasteiger partial charge in [0.25, 0.3) is 0 Å². The van der Waals surface area contributed by atoms with Crippen LogP contribution < -0.4 is 10.2 Å². The van der Waals surface area contributed by atoms with Gasteiger partial charge in [0.2, 0.25) is 5.13 Å². The molecule has 0 aliphatic heterocycles. The van der Waals surface area contributed by atoms with Gasteiger partial charge in [0.1, 0.15) is 12.4 Å². The number of hydrogen-bond acceptors (Lipinski definition) is 5. The second-order valence-electron chi connectivity index (χ2n) is 5.48. The molecule has 0 unspecified atom stereocenters. The minimum atomic E-state index is 0.442. The van der Waals surface area contributed by atoms with Crippen LogP contribution in [0.4, 0.5) is 5.13 Å². The lowest BCUT2D eigenvalue weighted by Crippen LogP contribution is -1.96. The van der Waals surface area contributed by atoms with Crippen molar-refractivity contribution in [3.63, 3.8) is 0 Å². The number of halogens is 1. The van der Waals surface area contributed by atoms with E-state index in [0.29, 0.717) is 11.6 Å². The summed E-state index contributed by atoms with van der Waals surface area (Å²) in [6, 6.07) is 15.4. The van der Waals surface area contributed by atoms with Crippen LogP contribution in [0.15, 0.2) is 53.6 Å². The molecule has 25 heavy (non-hydrogen) atoms. The van der Waals surface area contributed by atoms with E-state index in [1.807, 2.05) is 62.4 Å². The molecule has 0 bridgehead atoms. The van der Waals surface area contributed by atoms with E-state index < -0.39 is 0 Å². The van der Waals surface area contributed by atoms with Gasteiger partial charge in [-0.2, -0.15) is 5.10 Å². The Labute approximate surface area is 156 Å². The highest BCUT2D eigenvalue weighted by Gasteiger charge is 2.02. The smallest absolute Gasteiger partial charge is 0.203 e. The summed E-state index contributed by atoms with van der Waals surface area (Å²) >= 11 is 7.72. The van der Waals surface area contributed by atoms with Crippen LogP contribution in [-0.4, -0.2) is 11.2 Å².